The van der Waals surface area contributed by atoms with E-state index in [0.717, 1.165) is 11.3 Å². The Kier molecular flexibility index (Phi) is 2.79. The normalized spacial score (nSPS) is 10.8. The van der Waals surface area contributed by atoms with E-state index < -0.39 is 0 Å². The molecule has 5 heteroatoms. The van der Waals surface area contributed by atoms with Gasteiger partial charge in [0.2, 0.25) is 0 Å². The summed E-state index contributed by atoms with van der Waals surface area (Å²) < 4.78 is 6.87. The molecule has 2 heterocycles. The molecule has 19 heavy (non-hydrogen) atoms. The standard InChI is InChI=1S/C14H13N3O2/c1-19-12-7-3-2-5-10(12)9-13-15-14-11(18)6-4-8-17(14)16-13/h2-8,18H,9H2,1H3. The number of hydrogen-bond acceptors (Lipinski definition) is 4. The number of aromatic hydroxyl groups is 1. The quantitative estimate of drug-likeness (QED) is 0.778. The van der Waals surface area contributed by atoms with E-state index in [9.17, 15) is 5.11 Å². The Morgan fingerprint density at radius 3 is 2.84 bits per heavy atom. The third-order valence-electron chi connectivity index (χ3n) is 2.93. The Morgan fingerprint density at radius 2 is 2.05 bits per heavy atom. The van der Waals surface area contributed by atoms with Crippen molar-refractivity contribution in [2.24, 2.45) is 0 Å². The van der Waals surface area contributed by atoms with Crippen LogP contribution in [-0.4, -0.2) is 26.8 Å². The van der Waals surface area contributed by atoms with E-state index in [4.69, 9.17) is 4.74 Å². The van der Waals surface area contributed by atoms with Crippen molar-refractivity contribution >= 4 is 5.65 Å². The van der Waals surface area contributed by atoms with Crippen LogP contribution in [-0.2, 0) is 6.42 Å². The largest absolute Gasteiger partial charge is 0.504 e. The van der Waals surface area contributed by atoms with Crippen LogP contribution in [0.15, 0.2) is 42.6 Å². The lowest BCUT2D eigenvalue weighted by atomic mass is 10.1. The maximum absolute atomic E-state index is 9.70. The number of ether oxygens (including phenoxy) is 1. The summed E-state index contributed by atoms with van der Waals surface area (Å²) >= 11 is 0. The molecule has 0 atom stereocenters. The summed E-state index contributed by atoms with van der Waals surface area (Å²) in [6, 6.07) is 11.1. The number of rotatable bonds is 3. The van der Waals surface area contributed by atoms with Crippen LogP contribution in [0.25, 0.3) is 5.65 Å². The number of methoxy groups -OCH3 is 1. The Bertz CT molecular complexity index is 722. The molecule has 0 aliphatic rings. The van der Waals surface area contributed by atoms with Crippen molar-refractivity contribution < 1.29 is 9.84 Å². The number of benzene rings is 1. The lowest BCUT2D eigenvalue weighted by molar-refractivity contribution is 0.410. The van der Waals surface area contributed by atoms with Gasteiger partial charge in [0.25, 0.3) is 0 Å². The number of hydrogen-bond donors (Lipinski definition) is 1. The van der Waals surface area contributed by atoms with Gasteiger partial charge in [-0.3, -0.25) is 0 Å². The Hall–Kier alpha value is -2.56. The highest BCUT2D eigenvalue weighted by atomic mass is 16.5. The molecule has 0 unspecified atom stereocenters. The van der Waals surface area contributed by atoms with Gasteiger partial charge in [-0.2, -0.15) is 5.10 Å². The first-order valence-electron chi connectivity index (χ1n) is 5.93. The first-order valence-corrected chi connectivity index (χ1v) is 5.93. The molecule has 0 saturated heterocycles. The molecule has 0 fully saturated rings. The molecule has 0 aliphatic carbocycles. The summed E-state index contributed by atoms with van der Waals surface area (Å²) in [6.07, 6.45) is 2.32. The zero-order valence-electron chi connectivity index (χ0n) is 10.4. The monoisotopic (exact) mass is 255 g/mol. The second-order valence-corrected chi connectivity index (χ2v) is 4.18. The van der Waals surface area contributed by atoms with E-state index in [1.54, 1.807) is 30.0 Å². The highest BCUT2D eigenvalue weighted by Crippen LogP contribution is 2.21. The Morgan fingerprint density at radius 1 is 1.21 bits per heavy atom. The van der Waals surface area contributed by atoms with Gasteiger partial charge in [0.1, 0.15) is 5.75 Å². The van der Waals surface area contributed by atoms with Gasteiger partial charge in [-0.25, -0.2) is 9.50 Å². The lowest BCUT2D eigenvalue weighted by Crippen LogP contribution is -1.95. The predicted octanol–water partition coefficient (Wildman–Crippen LogP) is 2.03. The third-order valence-corrected chi connectivity index (χ3v) is 2.93. The molecule has 0 radical (unpaired) electrons. The van der Waals surface area contributed by atoms with Crippen LogP contribution < -0.4 is 4.74 Å². The van der Waals surface area contributed by atoms with Crippen LogP contribution in [0.5, 0.6) is 11.5 Å². The highest BCUT2D eigenvalue weighted by Gasteiger charge is 2.10. The van der Waals surface area contributed by atoms with E-state index in [0.29, 0.717) is 17.9 Å². The van der Waals surface area contributed by atoms with Gasteiger partial charge in [-0.1, -0.05) is 18.2 Å². The van der Waals surface area contributed by atoms with Crippen molar-refractivity contribution in [1.29, 1.82) is 0 Å². The summed E-state index contributed by atoms with van der Waals surface area (Å²) in [5.74, 6) is 1.58. The number of pyridine rings is 1. The fourth-order valence-electron chi connectivity index (χ4n) is 2.03. The van der Waals surface area contributed by atoms with Crippen LogP contribution in [0.2, 0.25) is 0 Å². The van der Waals surface area contributed by atoms with E-state index >= 15 is 0 Å². The molecule has 0 saturated carbocycles. The third kappa shape index (κ3) is 2.10. The fraction of sp³-hybridized carbons (Fsp3) is 0.143. The smallest absolute Gasteiger partial charge is 0.197 e. The number of fused-ring (bicyclic) bond motifs is 1. The topological polar surface area (TPSA) is 59.7 Å². The van der Waals surface area contributed by atoms with Crippen LogP contribution in [0.4, 0.5) is 0 Å². The molecule has 0 spiro atoms. The van der Waals surface area contributed by atoms with Crippen molar-refractivity contribution in [2.75, 3.05) is 7.11 Å². The lowest BCUT2D eigenvalue weighted by Gasteiger charge is -2.05. The van der Waals surface area contributed by atoms with Gasteiger partial charge in [0.15, 0.2) is 17.2 Å². The van der Waals surface area contributed by atoms with E-state index in [1.807, 2.05) is 24.3 Å². The van der Waals surface area contributed by atoms with Gasteiger partial charge in [-0.15, -0.1) is 0 Å². The molecule has 2 aromatic heterocycles. The molecule has 1 aromatic carbocycles. The van der Waals surface area contributed by atoms with Gasteiger partial charge < -0.3 is 9.84 Å². The van der Waals surface area contributed by atoms with Crippen molar-refractivity contribution in [3.8, 4) is 11.5 Å². The zero-order valence-corrected chi connectivity index (χ0v) is 10.4. The van der Waals surface area contributed by atoms with Crippen molar-refractivity contribution in [3.05, 3.63) is 54.0 Å². The molecule has 0 aliphatic heterocycles. The minimum Gasteiger partial charge on any atom is -0.504 e. The zero-order chi connectivity index (χ0) is 13.2. The summed E-state index contributed by atoms with van der Waals surface area (Å²) in [6.45, 7) is 0. The van der Waals surface area contributed by atoms with Crippen molar-refractivity contribution in [3.63, 3.8) is 0 Å². The summed E-state index contributed by atoms with van der Waals surface area (Å²) in [4.78, 5) is 4.33. The molecular formula is C14H13N3O2. The molecule has 1 N–H and O–H groups in total. The summed E-state index contributed by atoms with van der Waals surface area (Å²) in [7, 11) is 1.64. The van der Waals surface area contributed by atoms with Gasteiger partial charge in [0.05, 0.1) is 7.11 Å². The summed E-state index contributed by atoms with van der Waals surface area (Å²) in [5.41, 5.74) is 1.48. The average molecular weight is 255 g/mol. The first kappa shape index (κ1) is 11.5. The highest BCUT2D eigenvalue weighted by molar-refractivity contribution is 5.51. The maximum atomic E-state index is 9.70. The minimum atomic E-state index is 0.126. The van der Waals surface area contributed by atoms with Crippen molar-refractivity contribution in [1.82, 2.24) is 14.6 Å². The fourth-order valence-corrected chi connectivity index (χ4v) is 2.03. The van der Waals surface area contributed by atoms with Crippen molar-refractivity contribution in [2.45, 2.75) is 6.42 Å². The molecule has 3 aromatic rings. The van der Waals surface area contributed by atoms with E-state index in [-0.39, 0.29) is 5.75 Å². The second kappa shape index (κ2) is 4.61. The van der Waals surface area contributed by atoms with Gasteiger partial charge >= 0.3 is 0 Å². The minimum absolute atomic E-state index is 0.126. The SMILES string of the molecule is COc1ccccc1Cc1nc2c(O)cccn2n1. The van der Waals surface area contributed by atoms with Crippen LogP contribution in [0.1, 0.15) is 11.4 Å². The maximum Gasteiger partial charge on any atom is 0.197 e. The molecule has 5 nitrogen and oxygen atoms in total. The van der Waals surface area contributed by atoms with Crippen LogP contribution in [0.3, 0.4) is 0 Å². The molecule has 3 rings (SSSR count). The predicted molar refractivity (Wildman–Crippen MR) is 70.5 cm³/mol. The van der Waals surface area contributed by atoms with E-state index in [2.05, 4.69) is 10.1 Å². The molecular weight excluding hydrogens is 242 g/mol. The summed E-state index contributed by atoms with van der Waals surface area (Å²) in [5, 5.41) is 14.0. The first-order chi connectivity index (χ1) is 9.28. The van der Waals surface area contributed by atoms with E-state index in [1.165, 1.54) is 0 Å². The Labute approximate surface area is 110 Å². The molecule has 0 bridgehead atoms. The molecule has 0 amide bonds. The Balaban J connectivity index is 1.99. The van der Waals surface area contributed by atoms with Gasteiger partial charge in [-0.05, 0) is 18.2 Å². The number of aromatic nitrogens is 3. The number of para-hydroxylation sites is 1. The molecule has 96 valence electrons. The average Bonchev–Trinajstić information content (AvgIpc) is 2.83. The second-order valence-electron chi connectivity index (χ2n) is 4.18. The number of nitrogens with zero attached hydrogens (tertiary/aromatic N) is 3. The van der Waals surface area contributed by atoms with Crippen LogP contribution in [0, 0.1) is 0 Å². The van der Waals surface area contributed by atoms with Gasteiger partial charge in [0, 0.05) is 18.2 Å². The van der Waals surface area contributed by atoms with Crippen LogP contribution >= 0.6 is 0 Å².